The molecule has 0 aromatic heterocycles. The second-order valence-electron chi connectivity index (χ2n) is 7.22. The van der Waals surface area contributed by atoms with Crippen molar-refractivity contribution in [2.24, 2.45) is 11.8 Å². The Balaban J connectivity index is 0.00000364. The molecule has 1 aliphatic heterocycles. The van der Waals surface area contributed by atoms with Crippen molar-refractivity contribution in [3.8, 4) is 0 Å². The van der Waals surface area contributed by atoms with E-state index in [1.54, 1.807) is 4.90 Å². The van der Waals surface area contributed by atoms with E-state index in [0.717, 1.165) is 31.5 Å². The molecule has 0 aliphatic carbocycles. The van der Waals surface area contributed by atoms with Gasteiger partial charge in [-0.25, -0.2) is 0 Å². The zero-order valence-electron chi connectivity index (χ0n) is 16.8. The SMILES string of the molecule is CCN(CC)C(=O)c1ccc(CNC(=O)CC(C)C2CCNCC2)cc1.Cl. The molecule has 1 unspecified atom stereocenters. The van der Waals surface area contributed by atoms with Crippen LogP contribution in [0.4, 0.5) is 0 Å². The van der Waals surface area contributed by atoms with Crippen LogP contribution in [-0.4, -0.2) is 42.9 Å². The Bertz CT molecular complexity index is 582. The number of nitrogens with zero attached hydrogens (tertiary/aromatic N) is 1. The van der Waals surface area contributed by atoms with Crippen LogP contribution < -0.4 is 10.6 Å². The van der Waals surface area contributed by atoms with Crippen molar-refractivity contribution in [3.63, 3.8) is 0 Å². The first-order chi connectivity index (χ1) is 12.5. The molecule has 1 fully saturated rings. The third-order valence-electron chi connectivity index (χ3n) is 5.44. The van der Waals surface area contributed by atoms with Gasteiger partial charge in [0.05, 0.1) is 0 Å². The van der Waals surface area contributed by atoms with Crippen LogP contribution in [0.15, 0.2) is 24.3 Å². The lowest BCUT2D eigenvalue weighted by molar-refractivity contribution is -0.122. The molecule has 27 heavy (non-hydrogen) atoms. The fraction of sp³-hybridized carbons (Fsp3) is 0.619. The van der Waals surface area contributed by atoms with Crippen LogP contribution in [-0.2, 0) is 11.3 Å². The molecule has 1 saturated heterocycles. The van der Waals surface area contributed by atoms with Crippen LogP contribution in [0.2, 0.25) is 0 Å². The summed E-state index contributed by atoms with van der Waals surface area (Å²) in [7, 11) is 0. The predicted molar refractivity (Wildman–Crippen MR) is 112 cm³/mol. The summed E-state index contributed by atoms with van der Waals surface area (Å²) in [6.07, 6.45) is 2.91. The molecular weight excluding hydrogens is 362 g/mol. The van der Waals surface area contributed by atoms with E-state index >= 15 is 0 Å². The first kappa shape index (κ1) is 23.4. The maximum absolute atomic E-state index is 12.3. The summed E-state index contributed by atoms with van der Waals surface area (Å²) in [4.78, 5) is 26.3. The number of nitrogens with one attached hydrogen (secondary N) is 2. The zero-order valence-corrected chi connectivity index (χ0v) is 17.6. The molecule has 152 valence electrons. The number of piperidine rings is 1. The van der Waals surface area contributed by atoms with Crippen molar-refractivity contribution in [2.75, 3.05) is 26.2 Å². The predicted octanol–water partition coefficient (Wildman–Crippen LogP) is 3.23. The van der Waals surface area contributed by atoms with Gasteiger partial charge in [-0.15, -0.1) is 12.4 Å². The van der Waals surface area contributed by atoms with Gasteiger partial charge < -0.3 is 15.5 Å². The van der Waals surface area contributed by atoms with Gasteiger partial charge in [0.25, 0.3) is 5.91 Å². The highest BCUT2D eigenvalue weighted by atomic mass is 35.5. The third-order valence-corrected chi connectivity index (χ3v) is 5.44. The highest BCUT2D eigenvalue weighted by Gasteiger charge is 2.21. The molecule has 6 heteroatoms. The van der Waals surface area contributed by atoms with Crippen LogP contribution >= 0.6 is 12.4 Å². The minimum absolute atomic E-state index is 0. The molecule has 0 radical (unpaired) electrons. The summed E-state index contributed by atoms with van der Waals surface area (Å²) in [6.45, 7) is 10.2. The van der Waals surface area contributed by atoms with Gasteiger partial charge in [0.2, 0.25) is 5.91 Å². The van der Waals surface area contributed by atoms with Gasteiger partial charge in [0.15, 0.2) is 0 Å². The van der Waals surface area contributed by atoms with Crippen molar-refractivity contribution >= 4 is 24.2 Å². The van der Waals surface area contributed by atoms with Crippen molar-refractivity contribution in [3.05, 3.63) is 35.4 Å². The highest BCUT2D eigenvalue weighted by Crippen LogP contribution is 2.24. The Kier molecular flexibility index (Phi) is 10.4. The molecule has 1 aromatic rings. The molecule has 0 spiro atoms. The molecule has 5 nitrogen and oxygen atoms in total. The first-order valence-corrected chi connectivity index (χ1v) is 9.90. The van der Waals surface area contributed by atoms with Crippen molar-refractivity contribution in [2.45, 2.75) is 46.6 Å². The molecule has 0 saturated carbocycles. The van der Waals surface area contributed by atoms with Crippen molar-refractivity contribution in [1.82, 2.24) is 15.5 Å². The maximum atomic E-state index is 12.3. The summed E-state index contributed by atoms with van der Waals surface area (Å²) in [5.74, 6) is 1.24. The Hall–Kier alpha value is -1.59. The molecule has 1 aliphatic rings. The van der Waals surface area contributed by atoms with Gasteiger partial charge in [0.1, 0.15) is 0 Å². The van der Waals surface area contributed by atoms with Crippen LogP contribution in [0.5, 0.6) is 0 Å². The monoisotopic (exact) mass is 395 g/mol. The lowest BCUT2D eigenvalue weighted by Crippen LogP contribution is -2.33. The van der Waals surface area contributed by atoms with Gasteiger partial charge in [0, 0.05) is 31.6 Å². The average Bonchev–Trinajstić information content (AvgIpc) is 2.68. The van der Waals surface area contributed by atoms with E-state index in [4.69, 9.17) is 0 Å². The first-order valence-electron chi connectivity index (χ1n) is 9.90. The van der Waals surface area contributed by atoms with E-state index in [1.165, 1.54) is 0 Å². The van der Waals surface area contributed by atoms with Gasteiger partial charge in [-0.1, -0.05) is 19.1 Å². The molecule has 2 rings (SSSR count). The Morgan fingerprint density at radius 3 is 2.30 bits per heavy atom. The number of amides is 2. The molecule has 1 heterocycles. The maximum Gasteiger partial charge on any atom is 0.253 e. The molecular formula is C21H34ClN3O2. The largest absolute Gasteiger partial charge is 0.352 e. The second-order valence-corrected chi connectivity index (χ2v) is 7.22. The highest BCUT2D eigenvalue weighted by molar-refractivity contribution is 5.94. The summed E-state index contributed by atoms with van der Waals surface area (Å²) in [5.41, 5.74) is 1.72. The number of benzene rings is 1. The molecule has 2 N–H and O–H groups in total. The van der Waals surface area contributed by atoms with E-state index in [-0.39, 0.29) is 24.2 Å². The van der Waals surface area contributed by atoms with Crippen LogP contribution in [0, 0.1) is 11.8 Å². The lowest BCUT2D eigenvalue weighted by atomic mass is 9.84. The van der Waals surface area contributed by atoms with Gasteiger partial charge in [-0.2, -0.15) is 0 Å². The molecule has 2 amide bonds. The van der Waals surface area contributed by atoms with Crippen molar-refractivity contribution in [1.29, 1.82) is 0 Å². The van der Waals surface area contributed by atoms with Gasteiger partial charge in [-0.05, 0) is 69.3 Å². The third kappa shape index (κ3) is 7.15. The zero-order chi connectivity index (χ0) is 18.9. The smallest absolute Gasteiger partial charge is 0.253 e. The Morgan fingerprint density at radius 1 is 1.15 bits per heavy atom. The molecule has 1 aromatic carbocycles. The topological polar surface area (TPSA) is 61.4 Å². The quantitative estimate of drug-likeness (QED) is 0.710. The van der Waals surface area contributed by atoms with E-state index in [0.29, 0.717) is 43.5 Å². The standard InChI is InChI=1S/C21H33N3O2.ClH/c1-4-24(5-2)21(26)19-8-6-17(7-9-19)15-23-20(25)14-16(3)18-10-12-22-13-11-18;/h6-9,16,18,22H,4-5,10-15H2,1-3H3,(H,23,25);1H. The summed E-state index contributed by atoms with van der Waals surface area (Å²) >= 11 is 0. The van der Waals surface area contributed by atoms with E-state index in [2.05, 4.69) is 17.6 Å². The Morgan fingerprint density at radius 2 is 1.74 bits per heavy atom. The Labute approximate surface area is 169 Å². The van der Waals surface area contributed by atoms with Gasteiger partial charge in [-0.3, -0.25) is 9.59 Å². The fourth-order valence-corrected chi connectivity index (χ4v) is 3.60. The number of carbonyl (C=O) groups excluding carboxylic acids is 2. The minimum atomic E-state index is 0. The van der Waals surface area contributed by atoms with Crippen molar-refractivity contribution < 1.29 is 9.59 Å². The number of hydrogen-bond acceptors (Lipinski definition) is 3. The van der Waals surface area contributed by atoms with Crippen LogP contribution in [0.3, 0.4) is 0 Å². The van der Waals surface area contributed by atoms with E-state index < -0.39 is 0 Å². The van der Waals surface area contributed by atoms with Crippen LogP contribution in [0.25, 0.3) is 0 Å². The summed E-state index contributed by atoms with van der Waals surface area (Å²) < 4.78 is 0. The lowest BCUT2D eigenvalue weighted by Gasteiger charge is -2.27. The summed E-state index contributed by atoms with van der Waals surface area (Å²) in [6, 6.07) is 7.54. The van der Waals surface area contributed by atoms with Gasteiger partial charge >= 0.3 is 0 Å². The normalized spacial score (nSPS) is 15.5. The number of halogens is 1. The minimum Gasteiger partial charge on any atom is -0.352 e. The van der Waals surface area contributed by atoms with E-state index in [9.17, 15) is 9.59 Å². The number of carbonyl (C=O) groups is 2. The average molecular weight is 396 g/mol. The van der Waals surface area contributed by atoms with E-state index in [1.807, 2.05) is 38.1 Å². The second kappa shape index (κ2) is 12.0. The summed E-state index contributed by atoms with van der Waals surface area (Å²) in [5, 5.41) is 6.38. The molecule has 1 atom stereocenters. The number of rotatable bonds is 8. The number of hydrogen-bond donors (Lipinski definition) is 2. The fourth-order valence-electron chi connectivity index (χ4n) is 3.60. The molecule has 0 bridgehead atoms. The van der Waals surface area contributed by atoms with Crippen LogP contribution in [0.1, 0.15) is 56.0 Å².